The molecule has 4 heteroatoms. The first-order chi connectivity index (χ1) is 8.25. The fourth-order valence-electron chi connectivity index (χ4n) is 2.28. The Kier molecular flexibility index (Phi) is 4.57. The molecule has 1 saturated heterocycles. The van der Waals surface area contributed by atoms with E-state index < -0.39 is 0 Å². The number of thiophene rings is 1. The lowest BCUT2D eigenvalue weighted by atomic mass is 10.1. The number of nitrogens with zero attached hydrogens (tertiary/aromatic N) is 1. The Hall–Kier alpha value is -0.870. The smallest absolute Gasteiger partial charge is 0.261 e. The molecule has 94 valence electrons. The fourth-order valence-corrected chi connectivity index (χ4v) is 2.90. The van der Waals surface area contributed by atoms with Crippen molar-refractivity contribution in [3.8, 4) is 0 Å². The molecule has 1 fully saturated rings. The molecule has 0 aromatic carbocycles. The average Bonchev–Trinajstić information content (AvgIpc) is 2.83. The lowest BCUT2D eigenvalue weighted by Gasteiger charge is -2.29. The van der Waals surface area contributed by atoms with Crippen LogP contribution in [-0.4, -0.2) is 36.5 Å². The van der Waals surface area contributed by atoms with Gasteiger partial charge in [0.1, 0.15) is 0 Å². The minimum absolute atomic E-state index is 0.0597. The molecule has 0 radical (unpaired) electrons. The van der Waals surface area contributed by atoms with E-state index in [1.54, 1.807) is 0 Å². The number of hydrogen-bond donors (Lipinski definition) is 1. The Bertz CT molecular complexity index is 344. The van der Waals surface area contributed by atoms with Gasteiger partial charge < -0.3 is 10.2 Å². The van der Waals surface area contributed by atoms with Crippen LogP contribution in [0.3, 0.4) is 0 Å². The molecule has 17 heavy (non-hydrogen) atoms. The lowest BCUT2D eigenvalue weighted by Crippen LogP contribution is -2.43. The molecule has 0 bridgehead atoms. The van der Waals surface area contributed by atoms with Gasteiger partial charge in [-0.05, 0) is 44.3 Å². The van der Waals surface area contributed by atoms with E-state index in [1.807, 2.05) is 17.5 Å². The Morgan fingerprint density at radius 3 is 2.88 bits per heavy atom. The van der Waals surface area contributed by atoms with Crippen molar-refractivity contribution in [3.63, 3.8) is 0 Å². The second-order valence-corrected chi connectivity index (χ2v) is 5.66. The van der Waals surface area contributed by atoms with Crippen LogP contribution in [0, 0.1) is 0 Å². The van der Waals surface area contributed by atoms with Gasteiger partial charge >= 0.3 is 0 Å². The summed E-state index contributed by atoms with van der Waals surface area (Å²) in [4.78, 5) is 15.1. The third-order valence-electron chi connectivity index (χ3n) is 3.10. The number of likely N-dealkylation sites (tertiary alicyclic amines) is 1. The fraction of sp³-hybridized carbons (Fsp3) is 0.615. The number of rotatable bonds is 4. The van der Waals surface area contributed by atoms with Crippen LogP contribution in [0.5, 0.6) is 0 Å². The van der Waals surface area contributed by atoms with Crippen molar-refractivity contribution in [1.82, 2.24) is 10.2 Å². The molecule has 1 aliphatic rings. The van der Waals surface area contributed by atoms with Crippen molar-refractivity contribution in [3.05, 3.63) is 22.4 Å². The summed E-state index contributed by atoms with van der Waals surface area (Å²) >= 11 is 1.49. The van der Waals surface area contributed by atoms with E-state index in [-0.39, 0.29) is 11.9 Å². The van der Waals surface area contributed by atoms with Gasteiger partial charge in [0.05, 0.1) is 4.88 Å². The van der Waals surface area contributed by atoms with Crippen LogP contribution in [0.2, 0.25) is 0 Å². The van der Waals surface area contributed by atoms with Crippen molar-refractivity contribution in [2.45, 2.75) is 32.2 Å². The van der Waals surface area contributed by atoms with Crippen molar-refractivity contribution in [2.75, 3.05) is 19.6 Å². The summed E-state index contributed by atoms with van der Waals surface area (Å²) in [5.41, 5.74) is 0. The zero-order chi connectivity index (χ0) is 12.1. The maximum absolute atomic E-state index is 11.8. The standard InChI is InChI=1S/C13H20N2OS/c1-11(10-15-7-3-2-4-8-15)14-13(16)12-6-5-9-17-12/h5-6,9,11H,2-4,7-8,10H2,1H3,(H,14,16)/t11-/m0/s1. The third-order valence-corrected chi connectivity index (χ3v) is 3.97. The van der Waals surface area contributed by atoms with E-state index in [4.69, 9.17) is 0 Å². The molecule has 0 saturated carbocycles. The summed E-state index contributed by atoms with van der Waals surface area (Å²) in [5, 5.41) is 4.99. The molecule has 0 unspecified atom stereocenters. The summed E-state index contributed by atoms with van der Waals surface area (Å²) < 4.78 is 0. The highest BCUT2D eigenvalue weighted by Crippen LogP contribution is 2.10. The number of piperidine rings is 1. The maximum atomic E-state index is 11.8. The quantitative estimate of drug-likeness (QED) is 0.892. The van der Waals surface area contributed by atoms with Crippen LogP contribution in [0.1, 0.15) is 35.9 Å². The van der Waals surface area contributed by atoms with E-state index in [0.29, 0.717) is 0 Å². The molecule has 1 atom stereocenters. The summed E-state index contributed by atoms with van der Waals surface area (Å²) in [7, 11) is 0. The van der Waals surface area contributed by atoms with E-state index in [2.05, 4.69) is 17.1 Å². The summed E-state index contributed by atoms with van der Waals surface area (Å²) in [6.07, 6.45) is 3.95. The van der Waals surface area contributed by atoms with E-state index >= 15 is 0 Å². The molecule has 0 spiro atoms. The normalized spacial score (nSPS) is 18.9. The Balaban J connectivity index is 1.76. The lowest BCUT2D eigenvalue weighted by molar-refractivity contribution is 0.0930. The summed E-state index contributed by atoms with van der Waals surface area (Å²) in [6, 6.07) is 4.00. The molecule has 1 N–H and O–H groups in total. The molecule has 1 aliphatic heterocycles. The van der Waals surface area contributed by atoms with E-state index in [1.165, 1.54) is 43.7 Å². The monoisotopic (exact) mass is 252 g/mol. The molecule has 1 aromatic rings. The average molecular weight is 252 g/mol. The Labute approximate surface area is 107 Å². The first kappa shape index (κ1) is 12.6. The van der Waals surface area contributed by atoms with Crippen LogP contribution >= 0.6 is 11.3 Å². The number of carbonyl (C=O) groups excluding carboxylic acids is 1. The van der Waals surface area contributed by atoms with Gasteiger partial charge in [-0.15, -0.1) is 11.3 Å². The van der Waals surface area contributed by atoms with E-state index in [9.17, 15) is 4.79 Å². The van der Waals surface area contributed by atoms with Gasteiger partial charge in [0.2, 0.25) is 0 Å². The second-order valence-electron chi connectivity index (χ2n) is 4.71. The van der Waals surface area contributed by atoms with Crippen molar-refractivity contribution in [1.29, 1.82) is 0 Å². The molecule has 2 heterocycles. The van der Waals surface area contributed by atoms with Crippen LogP contribution in [0.4, 0.5) is 0 Å². The Morgan fingerprint density at radius 1 is 1.47 bits per heavy atom. The highest BCUT2D eigenvalue weighted by atomic mass is 32.1. The molecule has 0 aliphatic carbocycles. The van der Waals surface area contributed by atoms with Crippen LogP contribution in [0.25, 0.3) is 0 Å². The third kappa shape index (κ3) is 3.82. The Morgan fingerprint density at radius 2 is 2.24 bits per heavy atom. The van der Waals surface area contributed by atoms with Gasteiger partial charge in [-0.2, -0.15) is 0 Å². The predicted molar refractivity (Wildman–Crippen MR) is 71.5 cm³/mol. The molecule has 2 rings (SSSR count). The second kappa shape index (κ2) is 6.17. The molecule has 3 nitrogen and oxygen atoms in total. The number of hydrogen-bond acceptors (Lipinski definition) is 3. The largest absolute Gasteiger partial charge is 0.348 e. The first-order valence-corrected chi connectivity index (χ1v) is 7.20. The minimum atomic E-state index is 0.0597. The molecular weight excluding hydrogens is 232 g/mol. The minimum Gasteiger partial charge on any atom is -0.348 e. The maximum Gasteiger partial charge on any atom is 0.261 e. The van der Waals surface area contributed by atoms with Crippen molar-refractivity contribution < 1.29 is 4.79 Å². The van der Waals surface area contributed by atoms with Gasteiger partial charge in [0, 0.05) is 12.6 Å². The van der Waals surface area contributed by atoms with Crippen molar-refractivity contribution >= 4 is 17.2 Å². The van der Waals surface area contributed by atoms with Crippen LogP contribution in [0.15, 0.2) is 17.5 Å². The highest BCUT2D eigenvalue weighted by Gasteiger charge is 2.15. The van der Waals surface area contributed by atoms with E-state index in [0.717, 1.165) is 11.4 Å². The summed E-state index contributed by atoms with van der Waals surface area (Å²) in [6.45, 7) is 5.41. The van der Waals surface area contributed by atoms with Gasteiger partial charge in [-0.3, -0.25) is 4.79 Å². The molecule has 1 aromatic heterocycles. The van der Waals surface area contributed by atoms with Gasteiger partial charge in [-0.25, -0.2) is 0 Å². The topological polar surface area (TPSA) is 32.3 Å². The van der Waals surface area contributed by atoms with Crippen LogP contribution < -0.4 is 5.32 Å². The zero-order valence-electron chi connectivity index (χ0n) is 10.3. The number of nitrogens with one attached hydrogen (secondary N) is 1. The first-order valence-electron chi connectivity index (χ1n) is 6.32. The summed E-state index contributed by atoms with van der Waals surface area (Å²) in [5.74, 6) is 0.0597. The molecular formula is C13H20N2OS. The molecule has 1 amide bonds. The van der Waals surface area contributed by atoms with Gasteiger partial charge in [-0.1, -0.05) is 12.5 Å². The predicted octanol–water partition coefficient (Wildman–Crippen LogP) is 2.35. The van der Waals surface area contributed by atoms with Crippen LogP contribution in [-0.2, 0) is 0 Å². The van der Waals surface area contributed by atoms with Gasteiger partial charge in [0.25, 0.3) is 5.91 Å². The zero-order valence-corrected chi connectivity index (χ0v) is 11.1. The SMILES string of the molecule is C[C@@H](CN1CCCCC1)NC(=O)c1cccs1. The van der Waals surface area contributed by atoms with Gasteiger partial charge in [0.15, 0.2) is 0 Å². The van der Waals surface area contributed by atoms with Crippen molar-refractivity contribution in [2.24, 2.45) is 0 Å². The number of carbonyl (C=O) groups is 1. The highest BCUT2D eigenvalue weighted by molar-refractivity contribution is 7.12. The number of amides is 1.